The van der Waals surface area contributed by atoms with E-state index < -0.39 is 6.17 Å². The molecular weight excluding hydrogens is 273 g/mol. The topological polar surface area (TPSA) is 45.7 Å². The smallest absolute Gasteiger partial charge is 0.240 e. The molecule has 1 aromatic rings. The largest absolute Gasteiger partial charge is 0.378 e. The number of hydrogen-bond donors (Lipinski definition) is 0. The molecule has 2 atom stereocenters. The Morgan fingerprint density at radius 1 is 1.33 bits per heavy atom. The molecule has 2 aliphatic rings. The van der Waals surface area contributed by atoms with E-state index in [1.165, 1.54) is 0 Å². The Balaban J connectivity index is 1.68. The van der Waals surface area contributed by atoms with Gasteiger partial charge >= 0.3 is 0 Å². The number of alkyl halides is 1. The van der Waals surface area contributed by atoms with E-state index in [1.54, 1.807) is 17.3 Å². The summed E-state index contributed by atoms with van der Waals surface area (Å²) in [7, 11) is 0. The zero-order valence-electron chi connectivity index (χ0n) is 11.9. The van der Waals surface area contributed by atoms with Gasteiger partial charge in [-0.25, -0.2) is 4.39 Å². The quantitative estimate of drug-likeness (QED) is 0.829. The molecule has 3 heterocycles. The lowest BCUT2D eigenvalue weighted by Crippen LogP contribution is -2.49. The van der Waals surface area contributed by atoms with Crippen LogP contribution in [0.15, 0.2) is 24.5 Å². The van der Waals surface area contributed by atoms with Gasteiger partial charge in [-0.1, -0.05) is 0 Å². The van der Waals surface area contributed by atoms with Gasteiger partial charge in [0.15, 0.2) is 0 Å². The molecule has 0 aromatic carbocycles. The number of likely N-dealkylation sites (tertiary alicyclic amines) is 1. The van der Waals surface area contributed by atoms with Crippen LogP contribution in [0.3, 0.4) is 0 Å². The normalized spacial score (nSPS) is 27.0. The molecule has 5 nitrogen and oxygen atoms in total. The average molecular weight is 293 g/mol. The molecule has 1 amide bonds. The second-order valence-electron chi connectivity index (χ2n) is 5.57. The lowest BCUT2D eigenvalue weighted by Gasteiger charge is -2.32. The van der Waals surface area contributed by atoms with Crippen molar-refractivity contribution in [2.45, 2.75) is 25.2 Å². The van der Waals surface area contributed by atoms with Gasteiger partial charge in [0.1, 0.15) is 6.17 Å². The Bertz CT molecular complexity index is 479. The summed E-state index contributed by atoms with van der Waals surface area (Å²) < 4.78 is 19.1. The zero-order valence-corrected chi connectivity index (χ0v) is 11.9. The summed E-state index contributed by atoms with van der Waals surface area (Å²) >= 11 is 0. The van der Waals surface area contributed by atoms with E-state index in [0.29, 0.717) is 45.8 Å². The number of aromatic nitrogens is 1. The van der Waals surface area contributed by atoms with Crippen LogP contribution in [0.2, 0.25) is 0 Å². The van der Waals surface area contributed by atoms with Gasteiger partial charge in [-0.3, -0.25) is 14.7 Å². The molecule has 0 aliphatic carbocycles. The maximum absolute atomic E-state index is 13.8. The summed E-state index contributed by atoms with van der Waals surface area (Å²) in [6.45, 7) is 3.27. The first-order valence-electron chi connectivity index (χ1n) is 7.37. The maximum Gasteiger partial charge on any atom is 0.240 e. The fourth-order valence-corrected chi connectivity index (χ4v) is 3.00. The van der Waals surface area contributed by atoms with Gasteiger partial charge in [0, 0.05) is 45.0 Å². The van der Waals surface area contributed by atoms with E-state index in [9.17, 15) is 9.18 Å². The fraction of sp³-hybridized carbons (Fsp3) is 0.600. The standard InChI is InChI=1S/C15H20FN3O2/c16-13-9-14(15(20)18-5-7-21-8-6-18)19(11-13)10-12-1-3-17-4-2-12/h1-4,13-14H,5-11H2/t13-,14+/m1/s1. The summed E-state index contributed by atoms with van der Waals surface area (Å²) in [6.07, 6.45) is 2.80. The van der Waals surface area contributed by atoms with Crippen molar-refractivity contribution in [1.29, 1.82) is 0 Å². The predicted molar refractivity (Wildman–Crippen MR) is 75.3 cm³/mol. The Kier molecular flexibility index (Phi) is 4.45. The molecular formula is C15H20FN3O2. The molecule has 114 valence electrons. The van der Waals surface area contributed by atoms with Crippen LogP contribution >= 0.6 is 0 Å². The third-order valence-electron chi connectivity index (χ3n) is 4.10. The summed E-state index contributed by atoms with van der Waals surface area (Å²) in [6, 6.07) is 3.45. The van der Waals surface area contributed by atoms with Crippen molar-refractivity contribution in [2.24, 2.45) is 0 Å². The number of rotatable bonds is 3. The zero-order chi connectivity index (χ0) is 14.7. The van der Waals surface area contributed by atoms with Gasteiger partial charge in [-0.05, 0) is 17.7 Å². The molecule has 0 saturated carbocycles. The number of hydrogen-bond acceptors (Lipinski definition) is 4. The molecule has 2 fully saturated rings. The number of carbonyl (C=O) groups excluding carboxylic acids is 1. The van der Waals surface area contributed by atoms with E-state index in [4.69, 9.17) is 4.74 Å². The molecule has 3 rings (SSSR count). The molecule has 0 spiro atoms. The number of pyridine rings is 1. The van der Waals surface area contributed by atoms with Crippen molar-refractivity contribution in [2.75, 3.05) is 32.8 Å². The van der Waals surface area contributed by atoms with E-state index >= 15 is 0 Å². The van der Waals surface area contributed by atoms with Crippen LogP contribution in [0.25, 0.3) is 0 Å². The van der Waals surface area contributed by atoms with Gasteiger partial charge < -0.3 is 9.64 Å². The first-order chi connectivity index (χ1) is 10.2. The molecule has 0 radical (unpaired) electrons. The monoisotopic (exact) mass is 293 g/mol. The van der Waals surface area contributed by atoms with Crippen LogP contribution in [0.5, 0.6) is 0 Å². The predicted octanol–water partition coefficient (Wildman–Crippen LogP) is 0.853. The summed E-state index contributed by atoms with van der Waals surface area (Å²) in [5, 5.41) is 0. The van der Waals surface area contributed by atoms with Gasteiger partial charge in [0.25, 0.3) is 0 Å². The van der Waals surface area contributed by atoms with Crippen molar-refractivity contribution >= 4 is 5.91 Å². The Morgan fingerprint density at radius 3 is 2.76 bits per heavy atom. The van der Waals surface area contributed by atoms with Crippen molar-refractivity contribution in [3.63, 3.8) is 0 Å². The number of carbonyl (C=O) groups is 1. The molecule has 2 saturated heterocycles. The molecule has 6 heteroatoms. The first kappa shape index (κ1) is 14.4. The van der Waals surface area contributed by atoms with E-state index in [-0.39, 0.29) is 11.9 Å². The van der Waals surface area contributed by atoms with E-state index in [0.717, 1.165) is 5.56 Å². The second-order valence-corrected chi connectivity index (χ2v) is 5.57. The van der Waals surface area contributed by atoms with Crippen molar-refractivity contribution < 1.29 is 13.9 Å². The van der Waals surface area contributed by atoms with Crippen molar-refractivity contribution in [3.05, 3.63) is 30.1 Å². The summed E-state index contributed by atoms with van der Waals surface area (Å²) in [4.78, 5) is 20.3. The number of halogens is 1. The van der Waals surface area contributed by atoms with Gasteiger partial charge in [0.2, 0.25) is 5.91 Å². The minimum absolute atomic E-state index is 0.0347. The highest BCUT2D eigenvalue weighted by molar-refractivity contribution is 5.82. The molecule has 0 bridgehead atoms. The Labute approximate surface area is 123 Å². The highest BCUT2D eigenvalue weighted by Gasteiger charge is 2.39. The molecule has 1 aromatic heterocycles. The van der Waals surface area contributed by atoms with Crippen LogP contribution in [-0.4, -0.2) is 65.8 Å². The number of ether oxygens (including phenoxy) is 1. The van der Waals surface area contributed by atoms with Crippen LogP contribution < -0.4 is 0 Å². The maximum atomic E-state index is 13.8. The van der Waals surface area contributed by atoms with Gasteiger partial charge in [-0.2, -0.15) is 0 Å². The van der Waals surface area contributed by atoms with Crippen LogP contribution in [-0.2, 0) is 16.1 Å². The van der Waals surface area contributed by atoms with Crippen molar-refractivity contribution in [1.82, 2.24) is 14.8 Å². The van der Waals surface area contributed by atoms with Crippen molar-refractivity contribution in [3.8, 4) is 0 Å². The molecule has 0 N–H and O–H groups in total. The highest BCUT2D eigenvalue weighted by atomic mass is 19.1. The third-order valence-corrected chi connectivity index (χ3v) is 4.10. The number of morpholine rings is 1. The minimum atomic E-state index is -0.929. The van der Waals surface area contributed by atoms with Crippen LogP contribution in [0.1, 0.15) is 12.0 Å². The Morgan fingerprint density at radius 2 is 2.05 bits per heavy atom. The van der Waals surface area contributed by atoms with E-state index in [1.807, 2.05) is 17.0 Å². The first-order valence-corrected chi connectivity index (χ1v) is 7.37. The number of nitrogens with zero attached hydrogens (tertiary/aromatic N) is 3. The minimum Gasteiger partial charge on any atom is -0.378 e. The molecule has 2 aliphatic heterocycles. The fourth-order valence-electron chi connectivity index (χ4n) is 3.00. The average Bonchev–Trinajstić information content (AvgIpc) is 2.89. The Hall–Kier alpha value is -1.53. The number of amides is 1. The third kappa shape index (κ3) is 3.39. The molecule has 21 heavy (non-hydrogen) atoms. The molecule has 0 unspecified atom stereocenters. The van der Waals surface area contributed by atoms with Crippen LogP contribution in [0.4, 0.5) is 4.39 Å². The van der Waals surface area contributed by atoms with Crippen LogP contribution in [0, 0.1) is 0 Å². The van der Waals surface area contributed by atoms with E-state index in [2.05, 4.69) is 4.98 Å². The highest BCUT2D eigenvalue weighted by Crippen LogP contribution is 2.24. The lowest BCUT2D eigenvalue weighted by molar-refractivity contribution is -0.140. The lowest BCUT2D eigenvalue weighted by atomic mass is 10.1. The second kappa shape index (κ2) is 6.49. The van der Waals surface area contributed by atoms with Gasteiger partial charge in [-0.15, -0.1) is 0 Å². The SMILES string of the molecule is O=C([C@@H]1C[C@@H](F)CN1Cc1ccncc1)N1CCOCC1. The summed E-state index contributed by atoms with van der Waals surface area (Å²) in [5.41, 5.74) is 1.05. The summed E-state index contributed by atoms with van der Waals surface area (Å²) in [5.74, 6) is 0.0347. The van der Waals surface area contributed by atoms with Gasteiger partial charge in [0.05, 0.1) is 19.3 Å².